The zero-order valence-electron chi connectivity index (χ0n) is 19.5. The first-order valence-electron chi connectivity index (χ1n) is 10.9. The quantitative estimate of drug-likeness (QED) is 0.228. The molecule has 194 valence electrons. The molecule has 2 N–H and O–H groups in total. The summed E-state index contributed by atoms with van der Waals surface area (Å²) in [5.74, 6) is -1.98. The summed E-state index contributed by atoms with van der Waals surface area (Å²) < 4.78 is 6.84. The largest absolute Gasteiger partial charge is 0.482 e. The van der Waals surface area contributed by atoms with E-state index >= 15 is 0 Å². The highest BCUT2D eigenvalue weighted by Gasteiger charge is 2.37. The summed E-state index contributed by atoms with van der Waals surface area (Å²) in [5.41, 5.74) is 1.75. The first-order valence-corrected chi connectivity index (χ1v) is 13.2. The van der Waals surface area contributed by atoms with Crippen LogP contribution < -0.4 is 20.3 Å². The molecule has 3 aromatic rings. The maximum atomic E-state index is 13.3. The van der Waals surface area contributed by atoms with Gasteiger partial charge in [-0.15, -0.1) is 0 Å². The molecule has 1 aliphatic heterocycles. The van der Waals surface area contributed by atoms with Gasteiger partial charge in [0.25, 0.3) is 17.7 Å². The third-order valence-electron chi connectivity index (χ3n) is 5.28. The van der Waals surface area contributed by atoms with Gasteiger partial charge in [-0.3, -0.25) is 19.7 Å². The van der Waals surface area contributed by atoms with Crippen LogP contribution in [0, 0.1) is 6.92 Å². The second-order valence-corrected chi connectivity index (χ2v) is 10.6. The fourth-order valence-corrected chi connectivity index (χ4v) is 5.15. The van der Waals surface area contributed by atoms with Crippen molar-refractivity contribution in [3.63, 3.8) is 0 Å². The summed E-state index contributed by atoms with van der Waals surface area (Å²) in [7, 11) is 0. The predicted molar refractivity (Wildman–Crippen MR) is 153 cm³/mol. The average Bonchev–Trinajstić information content (AvgIpc) is 2.84. The van der Waals surface area contributed by atoms with E-state index in [9.17, 15) is 19.2 Å². The number of urea groups is 1. The summed E-state index contributed by atoms with van der Waals surface area (Å²) in [6.45, 7) is 1.59. The second kappa shape index (κ2) is 11.7. The van der Waals surface area contributed by atoms with Gasteiger partial charge in [-0.05, 0) is 71.4 Å². The number of anilines is 2. The maximum Gasteiger partial charge on any atom is 0.335 e. The lowest BCUT2D eigenvalue weighted by Crippen LogP contribution is -2.54. The zero-order chi connectivity index (χ0) is 27.6. The highest BCUT2D eigenvalue weighted by atomic mass is 79.9. The highest BCUT2D eigenvalue weighted by molar-refractivity contribution is 9.11. The van der Waals surface area contributed by atoms with Gasteiger partial charge in [0.2, 0.25) is 0 Å². The number of hydrogen-bond donors (Lipinski definition) is 2. The number of carbonyl (C=O) groups excluding carboxylic acids is 4. The maximum absolute atomic E-state index is 13.3. The molecule has 0 atom stereocenters. The lowest BCUT2D eigenvalue weighted by Gasteiger charge is -2.26. The number of hydrogen-bond acceptors (Lipinski definition) is 5. The molecule has 38 heavy (non-hydrogen) atoms. The Hall–Kier alpha value is -3.18. The highest BCUT2D eigenvalue weighted by Crippen LogP contribution is 2.35. The third-order valence-corrected chi connectivity index (χ3v) is 7.07. The Morgan fingerprint density at radius 1 is 1.03 bits per heavy atom. The van der Waals surface area contributed by atoms with Crippen LogP contribution in [0.3, 0.4) is 0 Å². The molecule has 1 heterocycles. The van der Waals surface area contributed by atoms with Crippen molar-refractivity contribution in [2.45, 2.75) is 6.92 Å². The topological polar surface area (TPSA) is 105 Å². The van der Waals surface area contributed by atoms with E-state index in [1.807, 2.05) is 19.1 Å². The van der Waals surface area contributed by atoms with Crippen LogP contribution >= 0.6 is 55.1 Å². The first kappa shape index (κ1) is 27.8. The number of nitrogens with zero attached hydrogens (tertiary/aromatic N) is 1. The number of barbiturate groups is 1. The molecule has 0 aliphatic carbocycles. The molecule has 0 saturated carbocycles. The number of ether oxygens (including phenoxy) is 1. The number of carbonyl (C=O) groups is 4. The molecule has 5 amide bonds. The van der Waals surface area contributed by atoms with Crippen LogP contribution in [0.1, 0.15) is 11.1 Å². The molecular weight excluding hydrogens is 665 g/mol. The minimum Gasteiger partial charge on any atom is -0.482 e. The fourth-order valence-electron chi connectivity index (χ4n) is 3.48. The monoisotopic (exact) mass is 679 g/mol. The lowest BCUT2D eigenvalue weighted by atomic mass is 10.1. The molecule has 1 saturated heterocycles. The molecule has 3 aromatic carbocycles. The van der Waals surface area contributed by atoms with Crippen molar-refractivity contribution in [1.82, 2.24) is 5.32 Å². The van der Waals surface area contributed by atoms with Crippen molar-refractivity contribution < 1.29 is 23.9 Å². The number of rotatable bonds is 6. The Labute approximate surface area is 244 Å². The molecule has 0 radical (unpaired) electrons. The number of halogens is 4. The molecule has 0 spiro atoms. The van der Waals surface area contributed by atoms with E-state index in [4.69, 9.17) is 27.9 Å². The van der Waals surface area contributed by atoms with Gasteiger partial charge in [-0.1, -0.05) is 56.8 Å². The lowest BCUT2D eigenvalue weighted by molar-refractivity contribution is -0.122. The van der Waals surface area contributed by atoms with Crippen LogP contribution in [-0.4, -0.2) is 30.4 Å². The average molecular weight is 682 g/mol. The van der Waals surface area contributed by atoms with Crippen LogP contribution in [0.5, 0.6) is 5.75 Å². The summed E-state index contributed by atoms with van der Waals surface area (Å²) in [4.78, 5) is 51.7. The molecule has 4 rings (SSSR count). The zero-order valence-corrected chi connectivity index (χ0v) is 24.2. The Morgan fingerprint density at radius 3 is 2.42 bits per heavy atom. The van der Waals surface area contributed by atoms with Crippen LogP contribution in [0.2, 0.25) is 10.0 Å². The molecule has 0 bridgehead atoms. The van der Waals surface area contributed by atoms with Gasteiger partial charge in [0, 0.05) is 15.7 Å². The third kappa shape index (κ3) is 6.27. The van der Waals surface area contributed by atoms with Gasteiger partial charge in [0.05, 0.1) is 20.2 Å². The number of benzene rings is 3. The van der Waals surface area contributed by atoms with E-state index in [0.717, 1.165) is 10.5 Å². The van der Waals surface area contributed by atoms with E-state index in [0.29, 0.717) is 20.2 Å². The number of nitrogens with one attached hydrogen (secondary N) is 2. The van der Waals surface area contributed by atoms with E-state index < -0.39 is 23.8 Å². The van der Waals surface area contributed by atoms with E-state index in [2.05, 4.69) is 42.5 Å². The van der Waals surface area contributed by atoms with E-state index in [1.165, 1.54) is 24.3 Å². The van der Waals surface area contributed by atoms with Gasteiger partial charge < -0.3 is 10.1 Å². The summed E-state index contributed by atoms with van der Waals surface area (Å²) in [6.07, 6.45) is 1.28. The molecule has 8 nitrogen and oxygen atoms in total. The van der Waals surface area contributed by atoms with Crippen molar-refractivity contribution in [3.8, 4) is 5.75 Å². The Balaban J connectivity index is 1.63. The minimum absolute atomic E-state index is 0.125. The van der Waals surface area contributed by atoms with Crippen molar-refractivity contribution in [2.75, 3.05) is 16.8 Å². The summed E-state index contributed by atoms with van der Waals surface area (Å²) in [5, 5.41) is 5.25. The van der Waals surface area contributed by atoms with Crippen LogP contribution in [0.15, 0.2) is 69.1 Å². The van der Waals surface area contributed by atoms with Crippen molar-refractivity contribution in [3.05, 3.63) is 90.3 Å². The van der Waals surface area contributed by atoms with Crippen molar-refractivity contribution >= 4 is 96.3 Å². The standard InChI is InChI=1S/C26H17Br2Cl2N3O5/c1-13-2-4-16(5-3-13)31-22(34)12-38-23-14(8-15(27)10-19(23)28)9-18-24(35)32-26(37)33(25(18)36)17-6-7-20(29)21(30)11-17/h2-11H,12H2,1H3,(H,31,34)(H,32,35,37)/b18-9-. The van der Waals surface area contributed by atoms with Gasteiger partial charge in [0.15, 0.2) is 6.61 Å². The molecule has 1 fully saturated rings. The van der Waals surface area contributed by atoms with E-state index in [1.54, 1.807) is 24.3 Å². The fraction of sp³-hybridized carbons (Fsp3) is 0.0769. The number of amides is 5. The van der Waals surface area contributed by atoms with Gasteiger partial charge >= 0.3 is 6.03 Å². The first-order chi connectivity index (χ1) is 18.0. The minimum atomic E-state index is -0.935. The molecule has 0 aromatic heterocycles. The summed E-state index contributed by atoms with van der Waals surface area (Å²) in [6, 6.07) is 13.8. The number of aryl methyl sites for hydroxylation is 1. The molecular formula is C26H17Br2Cl2N3O5. The smallest absolute Gasteiger partial charge is 0.335 e. The summed E-state index contributed by atoms with van der Waals surface area (Å²) >= 11 is 18.8. The SMILES string of the molecule is Cc1ccc(NC(=O)COc2c(Br)cc(Br)cc2/C=C2/C(=O)NC(=O)N(c3ccc(Cl)c(Cl)c3)C2=O)cc1. The van der Waals surface area contributed by atoms with Gasteiger partial charge in [0.1, 0.15) is 11.3 Å². The molecule has 12 heteroatoms. The van der Waals surface area contributed by atoms with E-state index in [-0.39, 0.29) is 33.7 Å². The number of imide groups is 2. The second-order valence-electron chi connectivity index (χ2n) is 8.07. The van der Waals surface area contributed by atoms with Crippen LogP contribution in [-0.2, 0) is 14.4 Å². The predicted octanol–water partition coefficient (Wildman–Crippen LogP) is 6.51. The Kier molecular flexibility index (Phi) is 8.57. The van der Waals surface area contributed by atoms with Crippen molar-refractivity contribution in [2.24, 2.45) is 0 Å². The normalized spacial score (nSPS) is 14.5. The van der Waals surface area contributed by atoms with Crippen LogP contribution in [0.25, 0.3) is 6.08 Å². The Bertz CT molecular complexity index is 1510. The van der Waals surface area contributed by atoms with Gasteiger partial charge in [-0.25, -0.2) is 9.69 Å². The van der Waals surface area contributed by atoms with Crippen molar-refractivity contribution in [1.29, 1.82) is 0 Å². The van der Waals surface area contributed by atoms with Crippen LogP contribution in [0.4, 0.5) is 16.2 Å². The van der Waals surface area contributed by atoms with Gasteiger partial charge in [-0.2, -0.15) is 0 Å². The molecule has 0 unspecified atom stereocenters. The Morgan fingerprint density at radius 2 is 1.74 bits per heavy atom. The molecule has 1 aliphatic rings.